The molecule has 1 N–H and O–H groups in total. The highest BCUT2D eigenvalue weighted by atomic mass is 79.9. The van der Waals surface area contributed by atoms with Crippen LogP contribution in [0.2, 0.25) is 0 Å². The molecule has 128 valence electrons. The maximum Gasteiger partial charge on any atom is 0.254 e. The molecular weight excluding hydrogens is 376 g/mol. The maximum atomic E-state index is 12.5. The summed E-state index contributed by atoms with van der Waals surface area (Å²) in [5, 5.41) is 2.78. The number of halogens is 1. The number of aromatic nitrogens is 1. The predicted molar refractivity (Wildman–Crippen MR) is 96.0 cm³/mol. The number of benzene rings is 1. The molecule has 0 saturated carbocycles. The van der Waals surface area contributed by atoms with Crippen LogP contribution in [0.15, 0.2) is 39.7 Å². The van der Waals surface area contributed by atoms with Crippen LogP contribution in [-0.2, 0) is 4.79 Å². The number of ether oxygens (including phenoxy) is 2. The number of anilines is 1. The number of nitrogens with zero attached hydrogens (tertiary/aromatic N) is 1. The summed E-state index contributed by atoms with van der Waals surface area (Å²) in [5.74, 6) is 0.780. The maximum absolute atomic E-state index is 12.5. The molecule has 0 bridgehead atoms. The molecule has 6 nitrogen and oxygen atoms in total. The second-order valence-electron chi connectivity index (χ2n) is 5.29. The lowest BCUT2D eigenvalue weighted by Gasteiger charge is -2.17. The second-order valence-corrected chi connectivity index (χ2v) is 6.20. The number of nitrogens with one attached hydrogen (secondary N) is 1. The Bertz CT molecular complexity index is 817. The van der Waals surface area contributed by atoms with Crippen molar-refractivity contribution in [2.75, 3.05) is 19.5 Å². The second kappa shape index (κ2) is 7.53. The molecule has 0 spiro atoms. The standard InChI is InChI=1S/C17H19BrN2O4/c1-10-7-12(18)9-20(17(10)22)11(2)16(21)19-13-5-6-14(23-3)15(8-13)24-4/h5-9,11H,1-4H3,(H,19,21). The van der Waals surface area contributed by atoms with Gasteiger partial charge in [-0.2, -0.15) is 0 Å². The van der Waals surface area contributed by atoms with E-state index in [1.807, 2.05) is 0 Å². The summed E-state index contributed by atoms with van der Waals surface area (Å²) in [4.78, 5) is 24.7. The van der Waals surface area contributed by atoms with E-state index in [1.165, 1.54) is 11.7 Å². The first-order valence-corrected chi connectivity index (χ1v) is 8.08. The first-order chi connectivity index (χ1) is 11.4. The molecule has 1 aromatic heterocycles. The van der Waals surface area contributed by atoms with Crippen molar-refractivity contribution in [3.05, 3.63) is 50.9 Å². The van der Waals surface area contributed by atoms with Crippen LogP contribution < -0.4 is 20.3 Å². The van der Waals surface area contributed by atoms with Crippen LogP contribution in [0.25, 0.3) is 0 Å². The van der Waals surface area contributed by atoms with E-state index in [2.05, 4.69) is 21.2 Å². The summed E-state index contributed by atoms with van der Waals surface area (Å²) in [5.41, 5.74) is 0.924. The van der Waals surface area contributed by atoms with Gasteiger partial charge in [-0.3, -0.25) is 9.59 Å². The normalized spacial score (nSPS) is 11.7. The van der Waals surface area contributed by atoms with Crippen LogP contribution in [0, 0.1) is 6.92 Å². The molecular formula is C17H19BrN2O4. The largest absolute Gasteiger partial charge is 0.493 e. The zero-order valence-corrected chi connectivity index (χ0v) is 15.5. The highest BCUT2D eigenvalue weighted by molar-refractivity contribution is 9.10. The molecule has 1 atom stereocenters. The van der Waals surface area contributed by atoms with E-state index in [0.717, 1.165) is 4.47 Å². The minimum atomic E-state index is -0.665. The van der Waals surface area contributed by atoms with E-state index >= 15 is 0 Å². The van der Waals surface area contributed by atoms with Gasteiger partial charge in [0.1, 0.15) is 6.04 Å². The average Bonchev–Trinajstić information content (AvgIpc) is 2.57. The number of rotatable bonds is 5. The van der Waals surface area contributed by atoms with Crippen LogP contribution in [0.5, 0.6) is 11.5 Å². The Kier molecular flexibility index (Phi) is 5.66. The van der Waals surface area contributed by atoms with E-state index in [9.17, 15) is 9.59 Å². The molecule has 0 fully saturated rings. The molecule has 0 saturated heterocycles. The Labute approximate surface area is 148 Å². The van der Waals surface area contributed by atoms with Crippen LogP contribution in [0.1, 0.15) is 18.5 Å². The summed E-state index contributed by atoms with van der Waals surface area (Å²) in [6.07, 6.45) is 1.61. The number of carbonyl (C=O) groups excluding carboxylic acids is 1. The lowest BCUT2D eigenvalue weighted by molar-refractivity contribution is -0.118. The zero-order chi connectivity index (χ0) is 17.9. The summed E-state index contributed by atoms with van der Waals surface area (Å²) in [7, 11) is 3.07. The van der Waals surface area contributed by atoms with E-state index in [-0.39, 0.29) is 11.5 Å². The van der Waals surface area contributed by atoms with Gasteiger partial charge in [-0.25, -0.2) is 0 Å². The van der Waals surface area contributed by atoms with Gasteiger partial charge in [-0.1, -0.05) is 0 Å². The highest BCUT2D eigenvalue weighted by Gasteiger charge is 2.18. The van der Waals surface area contributed by atoms with Crippen LogP contribution in [0.4, 0.5) is 5.69 Å². The monoisotopic (exact) mass is 394 g/mol. The van der Waals surface area contributed by atoms with Crippen molar-refractivity contribution in [1.29, 1.82) is 0 Å². The summed E-state index contributed by atoms with van der Waals surface area (Å²) < 4.78 is 12.5. The van der Waals surface area contributed by atoms with Gasteiger partial charge in [0.05, 0.1) is 14.2 Å². The molecule has 0 aliphatic rings. The number of aryl methyl sites for hydroxylation is 1. The topological polar surface area (TPSA) is 69.6 Å². The molecule has 24 heavy (non-hydrogen) atoms. The Morgan fingerprint density at radius 1 is 1.21 bits per heavy atom. The summed E-state index contributed by atoms with van der Waals surface area (Å²) in [6, 6.07) is 6.13. The number of amides is 1. The first kappa shape index (κ1) is 18.1. The lowest BCUT2D eigenvalue weighted by Crippen LogP contribution is -2.32. The van der Waals surface area contributed by atoms with Crippen LogP contribution in [0.3, 0.4) is 0 Å². The Morgan fingerprint density at radius 2 is 1.88 bits per heavy atom. The molecule has 7 heteroatoms. The molecule has 1 aromatic carbocycles. The Balaban J connectivity index is 2.25. The smallest absolute Gasteiger partial charge is 0.254 e. The van der Waals surface area contributed by atoms with Gasteiger partial charge in [0.2, 0.25) is 5.91 Å². The van der Waals surface area contributed by atoms with Crippen molar-refractivity contribution in [3.8, 4) is 11.5 Å². The SMILES string of the molecule is COc1ccc(NC(=O)C(C)n2cc(Br)cc(C)c2=O)cc1OC. The molecule has 0 aliphatic carbocycles. The van der Waals surface area contributed by atoms with Gasteiger partial charge in [0.15, 0.2) is 11.5 Å². The molecule has 1 unspecified atom stereocenters. The van der Waals surface area contributed by atoms with Crippen molar-refractivity contribution in [2.24, 2.45) is 0 Å². The Hall–Kier alpha value is -2.28. The first-order valence-electron chi connectivity index (χ1n) is 7.28. The van der Waals surface area contributed by atoms with Crippen LogP contribution >= 0.6 is 15.9 Å². The molecule has 0 radical (unpaired) electrons. The van der Waals surface area contributed by atoms with Crippen molar-refractivity contribution >= 4 is 27.5 Å². The summed E-state index contributed by atoms with van der Waals surface area (Å²) in [6.45, 7) is 3.38. The van der Waals surface area contributed by atoms with Gasteiger partial charge in [0.25, 0.3) is 5.56 Å². The third kappa shape index (κ3) is 3.79. The van der Waals surface area contributed by atoms with Crippen molar-refractivity contribution in [2.45, 2.75) is 19.9 Å². The fourth-order valence-corrected chi connectivity index (χ4v) is 2.84. The van der Waals surface area contributed by atoms with Gasteiger partial charge < -0.3 is 19.4 Å². The predicted octanol–water partition coefficient (Wildman–Crippen LogP) is 3.14. The van der Waals surface area contributed by atoms with Gasteiger partial charge in [-0.15, -0.1) is 0 Å². The highest BCUT2D eigenvalue weighted by Crippen LogP contribution is 2.30. The fraction of sp³-hybridized carbons (Fsp3) is 0.294. The number of pyridine rings is 1. The molecule has 1 heterocycles. The molecule has 2 aromatic rings. The molecule has 2 rings (SSSR count). The van der Waals surface area contributed by atoms with Crippen LogP contribution in [-0.4, -0.2) is 24.7 Å². The van der Waals surface area contributed by atoms with E-state index < -0.39 is 6.04 Å². The van der Waals surface area contributed by atoms with Gasteiger partial charge in [-0.05, 0) is 48.0 Å². The molecule has 1 amide bonds. The van der Waals surface area contributed by atoms with Crippen molar-refractivity contribution in [1.82, 2.24) is 4.57 Å². The fourth-order valence-electron chi connectivity index (χ4n) is 2.28. The number of hydrogen-bond acceptors (Lipinski definition) is 4. The van der Waals surface area contributed by atoms with Crippen molar-refractivity contribution in [3.63, 3.8) is 0 Å². The van der Waals surface area contributed by atoms with Gasteiger partial charge in [0, 0.05) is 28.0 Å². The summed E-state index contributed by atoms with van der Waals surface area (Å²) >= 11 is 3.34. The van der Waals surface area contributed by atoms with E-state index in [0.29, 0.717) is 22.7 Å². The number of carbonyl (C=O) groups is 1. The van der Waals surface area contributed by atoms with E-state index in [4.69, 9.17) is 9.47 Å². The minimum absolute atomic E-state index is 0.201. The number of hydrogen-bond donors (Lipinski definition) is 1. The van der Waals surface area contributed by atoms with Crippen molar-refractivity contribution < 1.29 is 14.3 Å². The average molecular weight is 395 g/mol. The lowest BCUT2D eigenvalue weighted by atomic mass is 10.2. The minimum Gasteiger partial charge on any atom is -0.493 e. The quantitative estimate of drug-likeness (QED) is 0.845. The number of methoxy groups -OCH3 is 2. The third-order valence-electron chi connectivity index (χ3n) is 3.64. The van der Waals surface area contributed by atoms with E-state index in [1.54, 1.807) is 51.4 Å². The molecule has 0 aliphatic heterocycles. The van der Waals surface area contributed by atoms with Gasteiger partial charge >= 0.3 is 0 Å². The third-order valence-corrected chi connectivity index (χ3v) is 4.07. The Morgan fingerprint density at radius 3 is 2.50 bits per heavy atom. The zero-order valence-electron chi connectivity index (χ0n) is 13.9.